The molecule has 3 rings (SSSR count). The van der Waals surface area contributed by atoms with Gasteiger partial charge in [-0.15, -0.1) is 0 Å². The quantitative estimate of drug-likeness (QED) is 0.883. The van der Waals surface area contributed by atoms with Crippen LogP contribution in [0.1, 0.15) is 31.2 Å². The second-order valence-corrected chi connectivity index (χ2v) is 8.56. The molecule has 0 aromatic heterocycles. The Labute approximate surface area is 147 Å². The standard InChI is InChI=1S/C19H20FNO3S/c20-15-7-5-14(6-8-15)13-19(22)21-16-9-11-18(12-10-16)25(23,24)17-3-1-2-4-17/h5-12,17H,1-4,13H2,(H,21,22). The van der Waals surface area contributed by atoms with Crippen molar-refractivity contribution in [2.45, 2.75) is 42.2 Å². The van der Waals surface area contributed by atoms with Crippen molar-refractivity contribution in [3.05, 3.63) is 59.9 Å². The van der Waals surface area contributed by atoms with Crippen LogP contribution in [0.25, 0.3) is 0 Å². The van der Waals surface area contributed by atoms with Gasteiger partial charge in [0.05, 0.1) is 16.6 Å². The molecule has 0 bridgehead atoms. The summed E-state index contributed by atoms with van der Waals surface area (Å²) in [5.41, 5.74) is 1.25. The van der Waals surface area contributed by atoms with E-state index < -0.39 is 9.84 Å². The molecule has 132 valence electrons. The third-order valence-corrected chi connectivity index (χ3v) is 6.76. The van der Waals surface area contributed by atoms with Gasteiger partial charge in [-0.1, -0.05) is 25.0 Å². The number of carbonyl (C=O) groups is 1. The zero-order valence-corrected chi connectivity index (χ0v) is 14.6. The van der Waals surface area contributed by atoms with Crippen LogP contribution < -0.4 is 5.32 Å². The minimum Gasteiger partial charge on any atom is -0.326 e. The average molecular weight is 361 g/mol. The Kier molecular flexibility index (Phi) is 5.18. The number of nitrogens with one attached hydrogen (secondary N) is 1. The minimum absolute atomic E-state index is 0.127. The van der Waals surface area contributed by atoms with Crippen LogP contribution in [0, 0.1) is 5.82 Å². The lowest BCUT2D eigenvalue weighted by Crippen LogP contribution is -2.18. The third kappa shape index (κ3) is 4.25. The Bertz CT molecular complexity index is 839. The molecule has 1 fully saturated rings. The van der Waals surface area contributed by atoms with Gasteiger partial charge in [-0.05, 0) is 54.8 Å². The van der Waals surface area contributed by atoms with E-state index >= 15 is 0 Å². The first-order valence-corrected chi connectivity index (χ1v) is 9.88. The summed E-state index contributed by atoms with van der Waals surface area (Å²) in [6.07, 6.45) is 3.49. The highest BCUT2D eigenvalue weighted by atomic mass is 32.2. The molecule has 0 aliphatic heterocycles. The maximum absolute atomic E-state index is 12.9. The van der Waals surface area contributed by atoms with Gasteiger partial charge in [0.2, 0.25) is 5.91 Å². The van der Waals surface area contributed by atoms with Gasteiger partial charge in [-0.3, -0.25) is 4.79 Å². The van der Waals surface area contributed by atoms with Gasteiger partial charge in [-0.25, -0.2) is 12.8 Å². The molecule has 0 atom stereocenters. The van der Waals surface area contributed by atoms with E-state index in [4.69, 9.17) is 0 Å². The van der Waals surface area contributed by atoms with Gasteiger partial charge in [0.25, 0.3) is 0 Å². The van der Waals surface area contributed by atoms with Crippen LogP contribution in [-0.4, -0.2) is 19.6 Å². The molecule has 2 aromatic rings. The van der Waals surface area contributed by atoms with Gasteiger partial charge in [0.15, 0.2) is 9.84 Å². The summed E-state index contributed by atoms with van der Waals surface area (Å²) in [5.74, 6) is -0.582. The van der Waals surface area contributed by atoms with Crippen LogP contribution in [0.3, 0.4) is 0 Å². The van der Waals surface area contributed by atoms with Gasteiger partial charge in [0.1, 0.15) is 5.82 Å². The van der Waals surface area contributed by atoms with E-state index in [1.165, 1.54) is 12.1 Å². The normalized spacial score (nSPS) is 15.2. The van der Waals surface area contributed by atoms with Crippen LogP contribution >= 0.6 is 0 Å². The lowest BCUT2D eigenvalue weighted by atomic mass is 10.1. The molecule has 1 aliphatic rings. The summed E-state index contributed by atoms with van der Waals surface area (Å²) in [6, 6.07) is 12.0. The number of halogens is 1. The fraction of sp³-hybridized carbons (Fsp3) is 0.316. The fourth-order valence-electron chi connectivity index (χ4n) is 3.11. The van der Waals surface area contributed by atoms with E-state index in [2.05, 4.69) is 5.32 Å². The first-order valence-electron chi connectivity index (χ1n) is 8.33. The molecule has 1 saturated carbocycles. The average Bonchev–Trinajstić information content (AvgIpc) is 3.13. The van der Waals surface area contributed by atoms with Crippen LogP contribution in [0.5, 0.6) is 0 Å². The van der Waals surface area contributed by atoms with Crippen LogP contribution in [0.2, 0.25) is 0 Å². The molecule has 1 aliphatic carbocycles. The van der Waals surface area contributed by atoms with E-state index in [1.54, 1.807) is 36.4 Å². The van der Waals surface area contributed by atoms with Gasteiger partial charge in [-0.2, -0.15) is 0 Å². The molecule has 4 nitrogen and oxygen atoms in total. The lowest BCUT2D eigenvalue weighted by Gasteiger charge is -2.12. The number of amides is 1. The number of hydrogen-bond acceptors (Lipinski definition) is 3. The van der Waals surface area contributed by atoms with Gasteiger partial charge < -0.3 is 5.32 Å². The summed E-state index contributed by atoms with van der Waals surface area (Å²) >= 11 is 0. The minimum atomic E-state index is -3.28. The molecule has 2 aromatic carbocycles. The molecular weight excluding hydrogens is 341 g/mol. The van der Waals surface area contributed by atoms with E-state index in [0.717, 1.165) is 25.7 Å². The summed E-state index contributed by atoms with van der Waals surface area (Å²) in [7, 11) is -3.28. The second kappa shape index (κ2) is 7.35. The van der Waals surface area contributed by atoms with Crippen LogP contribution in [0.15, 0.2) is 53.4 Å². The van der Waals surface area contributed by atoms with Crippen molar-refractivity contribution in [3.63, 3.8) is 0 Å². The number of hydrogen-bond donors (Lipinski definition) is 1. The maximum Gasteiger partial charge on any atom is 0.228 e. The van der Waals surface area contributed by atoms with Crippen LogP contribution in [-0.2, 0) is 21.1 Å². The smallest absolute Gasteiger partial charge is 0.228 e. The zero-order chi connectivity index (χ0) is 17.9. The Morgan fingerprint density at radius 1 is 1.00 bits per heavy atom. The fourth-order valence-corrected chi connectivity index (χ4v) is 4.97. The number of rotatable bonds is 5. The van der Waals surface area contributed by atoms with Gasteiger partial charge >= 0.3 is 0 Å². The first-order chi connectivity index (χ1) is 11.9. The van der Waals surface area contributed by atoms with Crippen molar-refractivity contribution in [1.29, 1.82) is 0 Å². The number of anilines is 1. The predicted octanol–water partition coefficient (Wildman–Crippen LogP) is 3.72. The summed E-state index contributed by atoms with van der Waals surface area (Å²) < 4.78 is 37.9. The van der Waals surface area contributed by atoms with Crippen molar-refractivity contribution in [2.75, 3.05) is 5.32 Å². The number of benzene rings is 2. The SMILES string of the molecule is O=C(Cc1ccc(F)cc1)Nc1ccc(S(=O)(=O)C2CCCC2)cc1. The topological polar surface area (TPSA) is 63.2 Å². The lowest BCUT2D eigenvalue weighted by molar-refractivity contribution is -0.115. The number of sulfone groups is 1. The Morgan fingerprint density at radius 3 is 2.20 bits per heavy atom. The molecule has 0 spiro atoms. The Hall–Kier alpha value is -2.21. The summed E-state index contributed by atoms with van der Waals surface area (Å²) in [6.45, 7) is 0. The molecule has 0 unspecified atom stereocenters. The van der Waals surface area contributed by atoms with E-state index in [1.807, 2.05) is 0 Å². The Morgan fingerprint density at radius 2 is 1.60 bits per heavy atom. The van der Waals surface area contributed by atoms with Crippen molar-refractivity contribution in [1.82, 2.24) is 0 Å². The van der Waals surface area contributed by atoms with Crippen LogP contribution in [0.4, 0.5) is 10.1 Å². The second-order valence-electron chi connectivity index (χ2n) is 6.33. The predicted molar refractivity (Wildman–Crippen MR) is 94.6 cm³/mol. The van der Waals surface area contributed by atoms with Crippen molar-refractivity contribution >= 4 is 21.4 Å². The molecular formula is C19H20FNO3S. The Balaban J connectivity index is 1.64. The molecule has 0 radical (unpaired) electrons. The summed E-state index contributed by atoms with van der Waals surface area (Å²) in [5, 5.41) is 2.44. The van der Waals surface area contributed by atoms with E-state index in [9.17, 15) is 17.6 Å². The highest BCUT2D eigenvalue weighted by molar-refractivity contribution is 7.92. The first kappa shape index (κ1) is 17.6. The van der Waals surface area contributed by atoms with E-state index in [-0.39, 0.29) is 23.4 Å². The van der Waals surface area contributed by atoms with Crippen molar-refractivity contribution < 1.29 is 17.6 Å². The number of carbonyl (C=O) groups excluding carboxylic acids is 1. The van der Waals surface area contributed by atoms with Crippen molar-refractivity contribution in [3.8, 4) is 0 Å². The largest absolute Gasteiger partial charge is 0.326 e. The third-order valence-electron chi connectivity index (χ3n) is 4.49. The summed E-state index contributed by atoms with van der Waals surface area (Å²) in [4.78, 5) is 12.3. The maximum atomic E-state index is 12.9. The molecule has 25 heavy (non-hydrogen) atoms. The van der Waals surface area contributed by atoms with E-state index in [0.29, 0.717) is 16.1 Å². The molecule has 0 saturated heterocycles. The van der Waals surface area contributed by atoms with Gasteiger partial charge in [0, 0.05) is 5.69 Å². The molecule has 1 amide bonds. The highest BCUT2D eigenvalue weighted by Gasteiger charge is 2.30. The molecule has 1 N–H and O–H groups in total. The highest BCUT2D eigenvalue weighted by Crippen LogP contribution is 2.30. The monoisotopic (exact) mass is 361 g/mol. The molecule has 6 heteroatoms. The van der Waals surface area contributed by atoms with Crippen molar-refractivity contribution in [2.24, 2.45) is 0 Å². The zero-order valence-electron chi connectivity index (χ0n) is 13.7. The molecule has 0 heterocycles.